The lowest BCUT2D eigenvalue weighted by Crippen LogP contribution is -2.38. The third kappa shape index (κ3) is 3.53. The molecular weight excluding hydrogens is 394 g/mol. The van der Waals surface area contributed by atoms with Gasteiger partial charge in [-0.15, -0.1) is 0 Å². The van der Waals surface area contributed by atoms with Gasteiger partial charge in [-0.3, -0.25) is 9.80 Å². The Hall–Kier alpha value is 0.0600. The molecule has 5 heteroatoms. The van der Waals surface area contributed by atoms with E-state index in [9.17, 15) is 0 Å². The summed E-state index contributed by atoms with van der Waals surface area (Å²) in [6.07, 6.45) is 4.03. The summed E-state index contributed by atoms with van der Waals surface area (Å²) in [4.78, 5) is 5.24. The molecule has 0 aromatic heterocycles. The van der Waals surface area contributed by atoms with Crippen molar-refractivity contribution in [3.63, 3.8) is 0 Å². The molecule has 0 saturated carbocycles. The van der Waals surface area contributed by atoms with Crippen molar-refractivity contribution >= 4 is 31.9 Å². The van der Waals surface area contributed by atoms with Gasteiger partial charge in [0.15, 0.2) is 0 Å². The third-order valence-corrected chi connectivity index (χ3v) is 6.72. The highest BCUT2D eigenvalue weighted by Crippen LogP contribution is 2.31. The van der Waals surface area contributed by atoms with Crippen molar-refractivity contribution in [2.24, 2.45) is 5.73 Å². The zero-order valence-corrected chi connectivity index (χ0v) is 15.4. The summed E-state index contributed by atoms with van der Waals surface area (Å²) < 4.78 is 2.20. The summed E-state index contributed by atoms with van der Waals surface area (Å²) in [6, 6.07) is 7.57. The van der Waals surface area contributed by atoms with E-state index in [0.29, 0.717) is 12.6 Å². The Kier molecular flexibility index (Phi) is 5.38. The summed E-state index contributed by atoms with van der Waals surface area (Å²) in [7, 11) is 0. The van der Waals surface area contributed by atoms with E-state index in [1.807, 2.05) is 0 Å². The summed E-state index contributed by atoms with van der Waals surface area (Å²) >= 11 is 7.14. The zero-order valence-electron chi connectivity index (χ0n) is 12.3. The van der Waals surface area contributed by atoms with Crippen LogP contribution >= 0.6 is 31.9 Å². The number of nitrogens with zero attached hydrogens (tertiary/aromatic N) is 2. The van der Waals surface area contributed by atoms with Crippen LogP contribution in [0.1, 0.15) is 30.9 Å². The van der Waals surface area contributed by atoms with Gasteiger partial charge in [0.2, 0.25) is 0 Å². The van der Waals surface area contributed by atoms with Crippen LogP contribution in [0, 0.1) is 0 Å². The Morgan fingerprint density at radius 1 is 1.14 bits per heavy atom. The molecular formula is C16H23Br2N3. The van der Waals surface area contributed by atoms with Gasteiger partial charge >= 0.3 is 0 Å². The number of nitrogens with two attached hydrogens (primary N) is 1. The van der Waals surface area contributed by atoms with Crippen molar-refractivity contribution in [1.82, 2.24) is 9.80 Å². The van der Waals surface area contributed by atoms with Crippen LogP contribution in [0.2, 0.25) is 0 Å². The predicted octanol–water partition coefficient (Wildman–Crippen LogP) is 3.38. The molecule has 2 N–H and O–H groups in total. The highest BCUT2D eigenvalue weighted by atomic mass is 79.9. The van der Waals surface area contributed by atoms with Gasteiger partial charge in [0.05, 0.1) is 0 Å². The van der Waals surface area contributed by atoms with Gasteiger partial charge in [0.1, 0.15) is 0 Å². The van der Waals surface area contributed by atoms with Crippen LogP contribution in [0.15, 0.2) is 27.1 Å². The fraction of sp³-hybridized carbons (Fsp3) is 0.625. The van der Waals surface area contributed by atoms with Gasteiger partial charge in [-0.05, 0) is 81.9 Å². The van der Waals surface area contributed by atoms with Gasteiger partial charge in [0, 0.05) is 40.7 Å². The zero-order chi connectivity index (χ0) is 14.8. The molecule has 2 aliphatic heterocycles. The molecule has 116 valence electrons. The lowest BCUT2D eigenvalue weighted by atomic mass is 10.1. The first-order valence-corrected chi connectivity index (χ1v) is 9.40. The summed E-state index contributed by atoms with van der Waals surface area (Å²) in [5, 5.41) is 0. The van der Waals surface area contributed by atoms with Crippen LogP contribution in [-0.4, -0.2) is 48.6 Å². The molecule has 3 nitrogen and oxygen atoms in total. The number of halogens is 2. The van der Waals surface area contributed by atoms with Gasteiger partial charge in [-0.2, -0.15) is 0 Å². The number of hydrogen-bond donors (Lipinski definition) is 1. The van der Waals surface area contributed by atoms with Crippen molar-refractivity contribution in [2.75, 3.05) is 32.7 Å². The smallest absolute Gasteiger partial charge is 0.0471 e. The molecule has 0 radical (unpaired) electrons. The molecule has 0 aliphatic carbocycles. The molecule has 3 rings (SSSR count). The maximum Gasteiger partial charge on any atom is 0.0471 e. The molecule has 2 heterocycles. The first kappa shape index (κ1) is 15.9. The van der Waals surface area contributed by atoms with Crippen molar-refractivity contribution < 1.29 is 0 Å². The van der Waals surface area contributed by atoms with Gasteiger partial charge in [0.25, 0.3) is 0 Å². The van der Waals surface area contributed by atoms with E-state index in [4.69, 9.17) is 5.73 Å². The van der Waals surface area contributed by atoms with Crippen LogP contribution in [0.5, 0.6) is 0 Å². The normalized spacial score (nSPS) is 25.6. The van der Waals surface area contributed by atoms with E-state index < -0.39 is 0 Å². The standard InChI is InChI=1S/C16H23Br2N3/c17-14-4-3-12(9-15(14)18)16(10-19)21-8-5-13(11-21)20-6-1-2-7-20/h3-4,9,13,16H,1-2,5-8,10-11,19H2. The minimum atomic E-state index is 0.335. The molecule has 2 saturated heterocycles. The van der Waals surface area contributed by atoms with E-state index in [2.05, 4.69) is 59.9 Å². The van der Waals surface area contributed by atoms with E-state index in [1.165, 1.54) is 37.9 Å². The van der Waals surface area contributed by atoms with Crippen molar-refractivity contribution in [3.8, 4) is 0 Å². The van der Waals surface area contributed by atoms with Crippen LogP contribution in [0.3, 0.4) is 0 Å². The molecule has 2 atom stereocenters. The molecule has 1 aromatic carbocycles. The lowest BCUT2D eigenvalue weighted by molar-refractivity contribution is 0.203. The molecule has 0 amide bonds. The fourth-order valence-corrected chi connectivity index (χ4v) is 4.31. The number of likely N-dealkylation sites (tertiary alicyclic amines) is 2. The van der Waals surface area contributed by atoms with Gasteiger partial charge in [-0.25, -0.2) is 0 Å². The molecule has 2 unspecified atom stereocenters. The van der Waals surface area contributed by atoms with Crippen LogP contribution < -0.4 is 5.73 Å². The number of rotatable bonds is 4. The van der Waals surface area contributed by atoms with Crippen molar-refractivity contribution in [3.05, 3.63) is 32.7 Å². The largest absolute Gasteiger partial charge is 0.329 e. The van der Waals surface area contributed by atoms with E-state index in [1.54, 1.807) is 0 Å². The van der Waals surface area contributed by atoms with E-state index in [-0.39, 0.29) is 0 Å². The maximum absolute atomic E-state index is 6.09. The molecule has 2 fully saturated rings. The number of hydrogen-bond acceptors (Lipinski definition) is 3. The van der Waals surface area contributed by atoms with Crippen LogP contribution in [-0.2, 0) is 0 Å². The van der Waals surface area contributed by atoms with Gasteiger partial charge in [-0.1, -0.05) is 6.07 Å². The van der Waals surface area contributed by atoms with Crippen molar-refractivity contribution in [2.45, 2.75) is 31.3 Å². The van der Waals surface area contributed by atoms with Gasteiger partial charge < -0.3 is 5.73 Å². The maximum atomic E-state index is 6.09. The molecule has 2 aliphatic rings. The minimum absolute atomic E-state index is 0.335. The predicted molar refractivity (Wildman–Crippen MR) is 94.4 cm³/mol. The molecule has 1 aromatic rings. The van der Waals surface area contributed by atoms with E-state index >= 15 is 0 Å². The summed E-state index contributed by atoms with van der Waals surface area (Å²) in [5.41, 5.74) is 7.40. The van der Waals surface area contributed by atoms with Crippen LogP contribution in [0.4, 0.5) is 0 Å². The number of benzene rings is 1. The van der Waals surface area contributed by atoms with Crippen LogP contribution in [0.25, 0.3) is 0 Å². The highest BCUT2D eigenvalue weighted by Gasteiger charge is 2.32. The second-order valence-corrected chi connectivity index (χ2v) is 7.81. The van der Waals surface area contributed by atoms with Crippen molar-refractivity contribution in [1.29, 1.82) is 0 Å². The minimum Gasteiger partial charge on any atom is -0.329 e. The highest BCUT2D eigenvalue weighted by molar-refractivity contribution is 9.13. The Morgan fingerprint density at radius 2 is 1.90 bits per heavy atom. The Balaban J connectivity index is 1.70. The third-order valence-electron chi connectivity index (χ3n) is 4.84. The molecule has 0 spiro atoms. The fourth-order valence-electron chi connectivity index (χ4n) is 3.67. The average Bonchev–Trinajstić information content (AvgIpc) is 3.14. The first-order chi connectivity index (χ1) is 10.2. The monoisotopic (exact) mass is 415 g/mol. The average molecular weight is 417 g/mol. The second-order valence-electron chi connectivity index (χ2n) is 6.11. The lowest BCUT2D eigenvalue weighted by Gasteiger charge is -2.29. The van der Waals surface area contributed by atoms with E-state index in [0.717, 1.165) is 28.1 Å². The summed E-state index contributed by atoms with van der Waals surface area (Å²) in [6.45, 7) is 5.58. The molecule has 0 bridgehead atoms. The quantitative estimate of drug-likeness (QED) is 0.816. The topological polar surface area (TPSA) is 32.5 Å². The Morgan fingerprint density at radius 3 is 2.57 bits per heavy atom. The molecule has 21 heavy (non-hydrogen) atoms. The Bertz CT molecular complexity index is 488. The first-order valence-electron chi connectivity index (χ1n) is 7.82. The Labute approximate surface area is 144 Å². The second kappa shape index (κ2) is 7.09. The SMILES string of the molecule is NCC(c1ccc(Br)c(Br)c1)N1CCC(N2CCCC2)C1. The summed E-state index contributed by atoms with van der Waals surface area (Å²) in [5.74, 6) is 0.